The molecule has 0 saturated carbocycles. The molecule has 23 heavy (non-hydrogen) atoms. The zero-order chi connectivity index (χ0) is 16.7. The molecule has 0 atom stereocenters. The van der Waals surface area contributed by atoms with E-state index < -0.39 is 5.91 Å². The molecule has 114 valence electrons. The Kier molecular flexibility index (Phi) is 5.21. The molecule has 0 bridgehead atoms. The van der Waals surface area contributed by atoms with Gasteiger partial charge in [0.1, 0.15) is 23.1 Å². The summed E-state index contributed by atoms with van der Waals surface area (Å²) in [5, 5.41) is 24.0. The first-order valence-corrected chi connectivity index (χ1v) is 6.74. The highest BCUT2D eigenvalue weighted by Crippen LogP contribution is 2.25. The number of aromatic hydroxyl groups is 1. The third-order valence-electron chi connectivity index (χ3n) is 3.07. The van der Waals surface area contributed by atoms with Gasteiger partial charge < -0.3 is 10.4 Å². The van der Waals surface area contributed by atoms with E-state index >= 15 is 0 Å². The number of phenols is 1. The molecule has 0 aliphatic heterocycles. The molecule has 0 aliphatic rings. The van der Waals surface area contributed by atoms with E-state index in [0.717, 1.165) is 5.56 Å². The predicted octanol–water partition coefficient (Wildman–Crippen LogP) is 3.01. The first kappa shape index (κ1) is 15.9. The maximum absolute atomic E-state index is 12.1. The minimum absolute atomic E-state index is 0.0337. The van der Waals surface area contributed by atoms with Crippen LogP contribution in [0.2, 0.25) is 0 Å². The van der Waals surface area contributed by atoms with Gasteiger partial charge in [0.15, 0.2) is 0 Å². The van der Waals surface area contributed by atoms with Gasteiger partial charge in [-0.3, -0.25) is 4.79 Å². The summed E-state index contributed by atoms with van der Waals surface area (Å²) in [6.45, 7) is 0.275. The first-order valence-electron chi connectivity index (χ1n) is 6.74. The van der Waals surface area contributed by atoms with Gasteiger partial charge in [0.2, 0.25) is 0 Å². The smallest absolute Gasteiger partial charge is 0.262 e. The molecule has 0 fully saturated rings. The largest absolute Gasteiger partial charge is 0.508 e. The molecule has 6 heteroatoms. The summed E-state index contributed by atoms with van der Waals surface area (Å²) < 4.78 is 0. The average molecular weight is 307 g/mol. The Labute approximate surface area is 132 Å². The topological polar surface area (TPSA) is 103 Å². The van der Waals surface area contributed by atoms with E-state index in [0.29, 0.717) is 0 Å². The fourth-order valence-corrected chi connectivity index (χ4v) is 1.92. The van der Waals surface area contributed by atoms with Crippen molar-refractivity contribution in [2.45, 2.75) is 6.54 Å². The van der Waals surface area contributed by atoms with Gasteiger partial charge in [0, 0.05) is 12.1 Å². The van der Waals surface area contributed by atoms with Crippen molar-refractivity contribution in [3.8, 4) is 11.8 Å². The Bertz CT molecular complexity index is 792. The fraction of sp³-hybridized carbons (Fsp3) is 0.0588. The molecule has 2 aromatic carbocycles. The third-order valence-corrected chi connectivity index (χ3v) is 3.07. The first-order chi connectivity index (χ1) is 11.1. The predicted molar refractivity (Wildman–Crippen MR) is 85.4 cm³/mol. The maximum Gasteiger partial charge on any atom is 0.262 e. The van der Waals surface area contributed by atoms with Crippen molar-refractivity contribution in [1.29, 1.82) is 5.26 Å². The number of amides is 1. The number of phenolic OH excluding ortho intramolecular Hbond substituents is 1. The van der Waals surface area contributed by atoms with Crippen LogP contribution < -0.4 is 5.32 Å². The van der Waals surface area contributed by atoms with E-state index in [4.69, 9.17) is 5.26 Å². The summed E-state index contributed by atoms with van der Waals surface area (Å²) in [5.41, 5.74) is 0.944. The molecule has 0 spiro atoms. The fourth-order valence-electron chi connectivity index (χ4n) is 1.92. The molecule has 2 aromatic rings. The third kappa shape index (κ3) is 4.25. The van der Waals surface area contributed by atoms with Crippen molar-refractivity contribution in [2.75, 3.05) is 0 Å². The van der Waals surface area contributed by atoms with Gasteiger partial charge in [0.05, 0.1) is 0 Å². The minimum Gasteiger partial charge on any atom is -0.508 e. The molecule has 0 aromatic heterocycles. The lowest BCUT2D eigenvalue weighted by Gasteiger charge is -2.05. The Hall–Kier alpha value is -3.46. The van der Waals surface area contributed by atoms with Crippen LogP contribution in [-0.4, -0.2) is 11.0 Å². The van der Waals surface area contributed by atoms with Gasteiger partial charge in [0.25, 0.3) is 5.91 Å². The number of nitrogens with one attached hydrogen (secondary N) is 1. The highest BCUT2D eigenvalue weighted by molar-refractivity contribution is 6.02. The van der Waals surface area contributed by atoms with Crippen LogP contribution in [0.3, 0.4) is 0 Å². The lowest BCUT2D eigenvalue weighted by atomic mass is 10.1. The van der Waals surface area contributed by atoms with Crippen molar-refractivity contribution in [3.05, 3.63) is 70.1 Å². The number of carbonyl (C=O) groups is 1. The summed E-state index contributed by atoms with van der Waals surface area (Å²) in [4.78, 5) is 22.8. The standard InChI is InChI=1S/C17H13N3O3/c18-10-14(8-13-9-15(21)6-7-16(13)20-23)17(22)19-11-12-4-2-1-3-5-12/h1-9,21H,11H2,(H,19,22)/b14-8+. The second kappa shape index (κ2) is 7.52. The van der Waals surface area contributed by atoms with Crippen molar-refractivity contribution in [1.82, 2.24) is 5.32 Å². The van der Waals surface area contributed by atoms with Crippen LogP contribution in [-0.2, 0) is 11.3 Å². The van der Waals surface area contributed by atoms with E-state index in [1.54, 1.807) is 6.07 Å². The van der Waals surface area contributed by atoms with Crippen LogP contribution in [0.5, 0.6) is 5.75 Å². The Morgan fingerprint density at radius 2 is 2.00 bits per heavy atom. The number of hydrogen-bond donors (Lipinski definition) is 2. The van der Waals surface area contributed by atoms with Gasteiger partial charge in [-0.15, -0.1) is 4.91 Å². The molecule has 0 aliphatic carbocycles. The minimum atomic E-state index is -0.573. The molecule has 0 unspecified atom stereocenters. The van der Waals surface area contributed by atoms with Crippen molar-refractivity contribution < 1.29 is 9.90 Å². The second-order valence-corrected chi connectivity index (χ2v) is 4.67. The summed E-state index contributed by atoms with van der Waals surface area (Å²) >= 11 is 0. The number of nitriles is 1. The van der Waals surface area contributed by atoms with Crippen LogP contribution in [0.1, 0.15) is 11.1 Å². The van der Waals surface area contributed by atoms with E-state index in [1.807, 2.05) is 30.3 Å². The zero-order valence-corrected chi connectivity index (χ0v) is 12.1. The Balaban J connectivity index is 2.19. The maximum atomic E-state index is 12.1. The van der Waals surface area contributed by atoms with E-state index in [-0.39, 0.29) is 29.1 Å². The molecular formula is C17H13N3O3. The summed E-state index contributed by atoms with van der Waals surface area (Å²) in [6.07, 6.45) is 1.22. The molecule has 0 radical (unpaired) electrons. The number of benzene rings is 2. The number of rotatable bonds is 5. The monoisotopic (exact) mass is 307 g/mol. The van der Waals surface area contributed by atoms with Crippen LogP contribution >= 0.6 is 0 Å². The van der Waals surface area contributed by atoms with E-state index in [2.05, 4.69) is 10.5 Å². The Morgan fingerprint density at radius 3 is 2.65 bits per heavy atom. The van der Waals surface area contributed by atoms with Crippen molar-refractivity contribution in [2.24, 2.45) is 5.18 Å². The highest BCUT2D eigenvalue weighted by atomic mass is 16.3. The normalized spacial score (nSPS) is 10.7. The van der Waals surface area contributed by atoms with Crippen LogP contribution in [0, 0.1) is 16.2 Å². The average Bonchev–Trinajstić information content (AvgIpc) is 2.58. The highest BCUT2D eigenvalue weighted by Gasteiger charge is 2.11. The summed E-state index contributed by atoms with van der Waals surface area (Å²) in [7, 11) is 0. The molecule has 1 amide bonds. The summed E-state index contributed by atoms with van der Waals surface area (Å²) in [6, 6.07) is 14.9. The molecule has 6 nitrogen and oxygen atoms in total. The van der Waals surface area contributed by atoms with Gasteiger partial charge in [-0.2, -0.15) is 5.26 Å². The molecule has 0 heterocycles. The zero-order valence-electron chi connectivity index (χ0n) is 12.1. The van der Waals surface area contributed by atoms with Gasteiger partial charge in [-0.25, -0.2) is 0 Å². The number of nitroso groups, excluding NO2 is 1. The SMILES string of the molecule is N#C/C(=C\c1cc(O)ccc1N=O)C(=O)NCc1ccccc1. The van der Waals surface area contributed by atoms with Crippen molar-refractivity contribution >= 4 is 17.7 Å². The van der Waals surface area contributed by atoms with Gasteiger partial charge >= 0.3 is 0 Å². The number of nitrogens with zero attached hydrogens (tertiary/aromatic N) is 2. The Morgan fingerprint density at radius 1 is 1.26 bits per heavy atom. The lowest BCUT2D eigenvalue weighted by Crippen LogP contribution is -2.23. The molecule has 0 saturated heterocycles. The molecule has 2 rings (SSSR count). The second-order valence-electron chi connectivity index (χ2n) is 4.67. The number of hydrogen-bond acceptors (Lipinski definition) is 5. The lowest BCUT2D eigenvalue weighted by molar-refractivity contribution is -0.117. The summed E-state index contributed by atoms with van der Waals surface area (Å²) in [5.74, 6) is -0.665. The number of carbonyl (C=O) groups excluding carboxylic acids is 1. The quantitative estimate of drug-likeness (QED) is 0.503. The molecule has 2 N–H and O–H groups in total. The van der Waals surface area contributed by atoms with Crippen molar-refractivity contribution in [3.63, 3.8) is 0 Å². The van der Waals surface area contributed by atoms with Crippen LogP contribution in [0.4, 0.5) is 5.69 Å². The van der Waals surface area contributed by atoms with E-state index in [1.165, 1.54) is 24.3 Å². The van der Waals surface area contributed by atoms with Crippen LogP contribution in [0.25, 0.3) is 6.08 Å². The van der Waals surface area contributed by atoms with Gasteiger partial charge in [-0.05, 0) is 35.0 Å². The van der Waals surface area contributed by atoms with Crippen LogP contribution in [0.15, 0.2) is 59.3 Å². The molecular weight excluding hydrogens is 294 g/mol. The van der Waals surface area contributed by atoms with Gasteiger partial charge in [-0.1, -0.05) is 30.3 Å². The van der Waals surface area contributed by atoms with E-state index in [9.17, 15) is 14.8 Å².